The standard InChI is InChI=1S/C43H75NO7/c1-6-8-10-12-14-16-18-20-21-22-24-26-28-30-32-34-42(46)51-39(37-49-36-35-40(43(47)48)44(3,4)5)38-50-41(45)33-31-29-27-25-23-19-17-15-13-11-9-7-2/h9,11,15-18,23,25,39-40H,6-8,10,12-14,19-22,24,26-38H2,1-5H3/b11-9+,17-15+,18-16+,25-23+. The number of rotatable bonds is 35. The lowest BCUT2D eigenvalue weighted by molar-refractivity contribution is -0.889. The molecule has 0 saturated carbocycles. The van der Waals surface area contributed by atoms with Crippen LogP contribution in [-0.4, -0.2) is 75.5 Å². The zero-order chi connectivity index (χ0) is 37.8. The zero-order valence-electron chi connectivity index (χ0n) is 33.3. The first-order chi connectivity index (χ1) is 24.6. The van der Waals surface area contributed by atoms with Crippen molar-refractivity contribution >= 4 is 17.9 Å². The molecule has 0 aliphatic rings. The summed E-state index contributed by atoms with van der Waals surface area (Å²) < 4.78 is 17.1. The summed E-state index contributed by atoms with van der Waals surface area (Å²) >= 11 is 0. The topological polar surface area (TPSA) is 102 Å². The molecule has 0 saturated heterocycles. The molecule has 0 N–H and O–H groups in total. The minimum atomic E-state index is -1.13. The Morgan fingerprint density at radius 2 is 1.10 bits per heavy atom. The molecular weight excluding hydrogens is 642 g/mol. The van der Waals surface area contributed by atoms with Gasteiger partial charge in [-0.05, 0) is 70.6 Å². The fourth-order valence-corrected chi connectivity index (χ4v) is 5.55. The summed E-state index contributed by atoms with van der Waals surface area (Å²) in [7, 11) is 5.38. The summed E-state index contributed by atoms with van der Waals surface area (Å²) in [5, 5.41) is 11.6. The van der Waals surface area contributed by atoms with Gasteiger partial charge in [-0.25, -0.2) is 0 Å². The molecule has 294 valence electrons. The Hall–Kier alpha value is -2.71. The van der Waals surface area contributed by atoms with Crippen molar-refractivity contribution in [3.8, 4) is 0 Å². The highest BCUT2D eigenvalue weighted by Gasteiger charge is 2.25. The van der Waals surface area contributed by atoms with Gasteiger partial charge in [-0.1, -0.05) is 114 Å². The van der Waals surface area contributed by atoms with Crippen molar-refractivity contribution in [2.45, 2.75) is 167 Å². The first-order valence-electron chi connectivity index (χ1n) is 20.2. The summed E-state index contributed by atoms with van der Waals surface area (Å²) in [6.07, 6.45) is 38.5. The van der Waals surface area contributed by atoms with Crippen LogP contribution in [0.2, 0.25) is 0 Å². The Morgan fingerprint density at radius 1 is 0.608 bits per heavy atom. The average molecular weight is 718 g/mol. The largest absolute Gasteiger partial charge is 0.544 e. The number of carbonyl (C=O) groups is 3. The molecule has 0 aromatic rings. The number of allylic oxidation sites excluding steroid dienone is 8. The van der Waals surface area contributed by atoms with Crippen molar-refractivity contribution in [1.82, 2.24) is 0 Å². The predicted molar refractivity (Wildman–Crippen MR) is 208 cm³/mol. The molecule has 0 amide bonds. The second-order valence-corrected chi connectivity index (χ2v) is 14.5. The summed E-state index contributed by atoms with van der Waals surface area (Å²) in [6, 6.07) is -0.731. The van der Waals surface area contributed by atoms with Crippen LogP contribution in [0.15, 0.2) is 48.6 Å². The molecule has 0 spiro atoms. The van der Waals surface area contributed by atoms with Crippen LogP contribution in [0.3, 0.4) is 0 Å². The highest BCUT2D eigenvalue weighted by Crippen LogP contribution is 2.13. The van der Waals surface area contributed by atoms with Crippen LogP contribution >= 0.6 is 0 Å². The van der Waals surface area contributed by atoms with Gasteiger partial charge in [0.1, 0.15) is 12.6 Å². The maximum Gasteiger partial charge on any atom is 0.306 e. The Bertz CT molecular complexity index is 979. The van der Waals surface area contributed by atoms with Crippen molar-refractivity contribution in [3.05, 3.63) is 48.6 Å². The Balaban J connectivity index is 4.45. The quantitative estimate of drug-likeness (QED) is 0.0279. The van der Waals surface area contributed by atoms with Gasteiger partial charge >= 0.3 is 11.9 Å². The fraction of sp³-hybridized carbons (Fsp3) is 0.744. The molecule has 51 heavy (non-hydrogen) atoms. The van der Waals surface area contributed by atoms with E-state index >= 15 is 0 Å². The van der Waals surface area contributed by atoms with Crippen molar-refractivity contribution in [2.24, 2.45) is 0 Å². The third-order valence-corrected chi connectivity index (χ3v) is 8.70. The number of hydrogen-bond donors (Lipinski definition) is 0. The molecule has 0 bridgehead atoms. The van der Waals surface area contributed by atoms with Gasteiger partial charge < -0.3 is 28.6 Å². The molecule has 2 unspecified atom stereocenters. The van der Waals surface area contributed by atoms with Crippen LogP contribution < -0.4 is 5.11 Å². The number of quaternary nitrogens is 1. The third kappa shape index (κ3) is 32.9. The number of nitrogens with zero attached hydrogens (tertiary/aromatic N) is 1. The second kappa shape index (κ2) is 34.4. The summed E-state index contributed by atoms with van der Waals surface area (Å²) in [5.74, 6) is -1.80. The number of esters is 2. The number of carboxylic acid groups (broad SMARTS) is 1. The van der Waals surface area contributed by atoms with Gasteiger partial charge in [0.25, 0.3) is 0 Å². The van der Waals surface area contributed by atoms with E-state index in [9.17, 15) is 19.5 Å². The molecule has 0 aromatic carbocycles. The van der Waals surface area contributed by atoms with Crippen molar-refractivity contribution in [2.75, 3.05) is 41.0 Å². The smallest absolute Gasteiger partial charge is 0.306 e. The molecule has 0 radical (unpaired) electrons. The van der Waals surface area contributed by atoms with E-state index in [4.69, 9.17) is 14.2 Å². The number of ether oxygens (including phenoxy) is 3. The fourth-order valence-electron chi connectivity index (χ4n) is 5.55. The van der Waals surface area contributed by atoms with E-state index in [1.54, 1.807) is 21.1 Å². The maximum absolute atomic E-state index is 12.7. The van der Waals surface area contributed by atoms with E-state index in [0.717, 1.165) is 51.4 Å². The number of unbranched alkanes of at least 4 members (excludes halogenated alkanes) is 13. The molecule has 0 rings (SSSR count). The molecule has 0 aliphatic heterocycles. The first kappa shape index (κ1) is 48.3. The van der Waals surface area contributed by atoms with E-state index in [2.05, 4.69) is 62.5 Å². The van der Waals surface area contributed by atoms with E-state index < -0.39 is 18.1 Å². The number of hydrogen-bond acceptors (Lipinski definition) is 7. The maximum atomic E-state index is 12.7. The highest BCUT2D eigenvalue weighted by molar-refractivity contribution is 5.70. The van der Waals surface area contributed by atoms with Crippen LogP contribution in [-0.2, 0) is 28.6 Å². The van der Waals surface area contributed by atoms with Gasteiger partial charge in [-0.3, -0.25) is 9.59 Å². The molecule has 8 nitrogen and oxygen atoms in total. The third-order valence-electron chi connectivity index (χ3n) is 8.70. The number of aliphatic carboxylic acids is 1. The highest BCUT2D eigenvalue weighted by atomic mass is 16.6. The van der Waals surface area contributed by atoms with Crippen LogP contribution in [0.1, 0.15) is 155 Å². The first-order valence-corrected chi connectivity index (χ1v) is 20.2. The Kier molecular flexibility index (Phi) is 32.6. The van der Waals surface area contributed by atoms with Crippen LogP contribution in [0.25, 0.3) is 0 Å². The minimum Gasteiger partial charge on any atom is -0.544 e. The zero-order valence-corrected chi connectivity index (χ0v) is 33.3. The average Bonchev–Trinajstić information content (AvgIpc) is 3.08. The van der Waals surface area contributed by atoms with E-state index in [1.807, 2.05) is 0 Å². The Morgan fingerprint density at radius 3 is 1.69 bits per heavy atom. The predicted octanol–water partition coefficient (Wildman–Crippen LogP) is 9.13. The number of carboxylic acids is 1. The minimum absolute atomic E-state index is 0.0259. The molecule has 8 heteroatoms. The molecule has 2 atom stereocenters. The molecule has 0 heterocycles. The molecule has 0 fully saturated rings. The summed E-state index contributed by atoms with van der Waals surface area (Å²) in [4.78, 5) is 36.7. The molecule has 0 aliphatic carbocycles. The Labute approximate surface area is 312 Å². The van der Waals surface area contributed by atoms with Crippen LogP contribution in [0, 0.1) is 0 Å². The molecule has 0 aromatic heterocycles. The van der Waals surface area contributed by atoms with Gasteiger partial charge in [0, 0.05) is 19.3 Å². The normalized spacial score (nSPS) is 13.5. The van der Waals surface area contributed by atoms with Crippen LogP contribution in [0.4, 0.5) is 0 Å². The van der Waals surface area contributed by atoms with Gasteiger partial charge in [0.2, 0.25) is 0 Å². The monoisotopic (exact) mass is 718 g/mol. The van der Waals surface area contributed by atoms with Gasteiger partial charge in [0.05, 0.1) is 40.3 Å². The summed E-state index contributed by atoms with van der Waals surface area (Å²) in [5.41, 5.74) is 0. The van der Waals surface area contributed by atoms with Gasteiger partial charge in [0.15, 0.2) is 6.10 Å². The van der Waals surface area contributed by atoms with Gasteiger partial charge in [-0.2, -0.15) is 0 Å². The van der Waals surface area contributed by atoms with E-state index in [0.29, 0.717) is 19.3 Å². The van der Waals surface area contributed by atoms with E-state index in [1.165, 1.54) is 64.2 Å². The lowest BCUT2D eigenvalue weighted by Gasteiger charge is -2.34. The summed E-state index contributed by atoms with van der Waals surface area (Å²) in [6.45, 7) is 4.47. The number of likely N-dealkylation sites (N-methyl/N-ethyl adjacent to an activating group) is 1. The van der Waals surface area contributed by atoms with Crippen LogP contribution in [0.5, 0.6) is 0 Å². The SMILES string of the molecule is CC/C=C/C/C=C/C/C=C/CCCCC(=O)OCC(COCCC(C(=O)[O-])[N+](C)(C)C)OC(=O)CCCCCCCCC/C=C/CCCCCC. The lowest BCUT2D eigenvalue weighted by atomic mass is 10.1. The number of carbonyl (C=O) groups excluding carboxylic acids is 3. The van der Waals surface area contributed by atoms with E-state index in [-0.39, 0.29) is 42.7 Å². The van der Waals surface area contributed by atoms with Crippen molar-refractivity contribution in [1.29, 1.82) is 0 Å². The second-order valence-electron chi connectivity index (χ2n) is 14.5. The molecular formula is C43H75NO7. The lowest BCUT2D eigenvalue weighted by Crippen LogP contribution is -2.55. The van der Waals surface area contributed by atoms with Crippen molar-refractivity contribution in [3.63, 3.8) is 0 Å². The van der Waals surface area contributed by atoms with Crippen molar-refractivity contribution < 1.29 is 38.2 Å². The van der Waals surface area contributed by atoms with Gasteiger partial charge in [-0.15, -0.1) is 0 Å².